The van der Waals surface area contributed by atoms with Crippen LogP contribution in [0.2, 0.25) is 0 Å². The van der Waals surface area contributed by atoms with Gasteiger partial charge in [0.25, 0.3) is 0 Å². The Morgan fingerprint density at radius 1 is 0.957 bits per heavy atom. The minimum atomic E-state index is -2.79. The Balaban J connectivity index is 1.91. The van der Waals surface area contributed by atoms with Crippen molar-refractivity contribution in [2.45, 2.75) is 26.6 Å². The van der Waals surface area contributed by atoms with Gasteiger partial charge in [0.1, 0.15) is 11.5 Å². The standard InChI is InChI=1S/C18H21F2NO2/c1-3-22-17-6-4-5-15(11-17)13-21(2)12-14-7-9-16(10-8-14)23-18(19)20/h4-11,18H,3,12-13H2,1-2H3. The summed E-state index contributed by atoms with van der Waals surface area (Å²) in [6.07, 6.45) is 0. The number of halogens is 2. The Labute approximate surface area is 135 Å². The average Bonchev–Trinajstić information content (AvgIpc) is 2.49. The highest BCUT2D eigenvalue weighted by atomic mass is 19.3. The van der Waals surface area contributed by atoms with Gasteiger partial charge in [-0.1, -0.05) is 24.3 Å². The molecule has 0 amide bonds. The highest BCUT2D eigenvalue weighted by Gasteiger charge is 2.06. The Hall–Kier alpha value is -2.14. The number of rotatable bonds is 8. The molecule has 5 heteroatoms. The van der Waals surface area contributed by atoms with Gasteiger partial charge in [-0.25, -0.2) is 0 Å². The summed E-state index contributed by atoms with van der Waals surface area (Å²) < 4.78 is 34.1. The summed E-state index contributed by atoms with van der Waals surface area (Å²) in [7, 11) is 2.01. The highest BCUT2D eigenvalue weighted by Crippen LogP contribution is 2.18. The molecule has 2 rings (SSSR count). The first kappa shape index (κ1) is 17.2. The van der Waals surface area contributed by atoms with Gasteiger partial charge in [-0.3, -0.25) is 4.90 Å². The molecule has 0 radical (unpaired) electrons. The molecular weight excluding hydrogens is 300 g/mol. The van der Waals surface area contributed by atoms with E-state index in [-0.39, 0.29) is 5.75 Å². The lowest BCUT2D eigenvalue weighted by Gasteiger charge is -2.17. The van der Waals surface area contributed by atoms with Crippen LogP contribution >= 0.6 is 0 Å². The van der Waals surface area contributed by atoms with Crippen LogP contribution in [0.15, 0.2) is 48.5 Å². The molecule has 0 saturated carbocycles. The second kappa shape index (κ2) is 8.48. The van der Waals surface area contributed by atoms with Crippen molar-refractivity contribution in [3.8, 4) is 11.5 Å². The van der Waals surface area contributed by atoms with Crippen molar-refractivity contribution in [3.05, 3.63) is 59.7 Å². The Morgan fingerprint density at radius 2 is 1.65 bits per heavy atom. The van der Waals surface area contributed by atoms with Crippen LogP contribution in [0.1, 0.15) is 18.1 Å². The maximum Gasteiger partial charge on any atom is 0.387 e. The third-order valence-electron chi connectivity index (χ3n) is 3.26. The molecular formula is C18H21F2NO2. The van der Waals surface area contributed by atoms with E-state index < -0.39 is 6.61 Å². The topological polar surface area (TPSA) is 21.7 Å². The van der Waals surface area contributed by atoms with E-state index in [0.29, 0.717) is 13.2 Å². The molecule has 0 heterocycles. The third-order valence-corrected chi connectivity index (χ3v) is 3.26. The molecule has 0 atom stereocenters. The maximum atomic E-state index is 12.1. The molecule has 0 spiro atoms. The molecule has 0 unspecified atom stereocenters. The molecule has 0 aromatic heterocycles. The maximum absolute atomic E-state index is 12.1. The lowest BCUT2D eigenvalue weighted by atomic mass is 10.1. The fraction of sp³-hybridized carbons (Fsp3) is 0.333. The normalized spacial score (nSPS) is 11.0. The van der Waals surface area contributed by atoms with Gasteiger partial charge in [-0.2, -0.15) is 8.78 Å². The van der Waals surface area contributed by atoms with E-state index in [4.69, 9.17) is 4.74 Å². The third kappa shape index (κ3) is 5.87. The van der Waals surface area contributed by atoms with Gasteiger partial charge in [0.2, 0.25) is 0 Å². The molecule has 0 aliphatic carbocycles. The Morgan fingerprint density at radius 3 is 2.30 bits per heavy atom. The van der Waals surface area contributed by atoms with Crippen LogP contribution in [0.4, 0.5) is 8.78 Å². The lowest BCUT2D eigenvalue weighted by Crippen LogP contribution is -2.17. The molecule has 2 aromatic rings. The first-order valence-electron chi connectivity index (χ1n) is 7.51. The van der Waals surface area contributed by atoms with Gasteiger partial charge in [0.05, 0.1) is 6.61 Å². The molecule has 0 N–H and O–H groups in total. The Bertz CT molecular complexity index is 602. The zero-order chi connectivity index (χ0) is 16.7. The minimum Gasteiger partial charge on any atom is -0.494 e. The number of hydrogen-bond donors (Lipinski definition) is 0. The molecule has 124 valence electrons. The number of hydrogen-bond acceptors (Lipinski definition) is 3. The first-order chi connectivity index (χ1) is 11.1. The van der Waals surface area contributed by atoms with Crippen molar-refractivity contribution in [1.29, 1.82) is 0 Å². The van der Waals surface area contributed by atoms with E-state index >= 15 is 0 Å². The molecule has 3 nitrogen and oxygen atoms in total. The fourth-order valence-electron chi connectivity index (χ4n) is 2.36. The second-order valence-corrected chi connectivity index (χ2v) is 5.28. The van der Waals surface area contributed by atoms with Crippen molar-refractivity contribution >= 4 is 0 Å². The van der Waals surface area contributed by atoms with Crippen molar-refractivity contribution in [2.75, 3.05) is 13.7 Å². The summed E-state index contributed by atoms with van der Waals surface area (Å²) >= 11 is 0. The summed E-state index contributed by atoms with van der Waals surface area (Å²) in [6, 6.07) is 14.7. The summed E-state index contributed by atoms with van der Waals surface area (Å²) in [5.74, 6) is 1.04. The fourth-order valence-corrected chi connectivity index (χ4v) is 2.36. The molecule has 0 bridgehead atoms. The van der Waals surface area contributed by atoms with Gasteiger partial charge >= 0.3 is 6.61 Å². The van der Waals surface area contributed by atoms with Gasteiger partial charge in [0, 0.05) is 13.1 Å². The first-order valence-corrected chi connectivity index (χ1v) is 7.51. The largest absolute Gasteiger partial charge is 0.494 e. The molecule has 2 aromatic carbocycles. The van der Waals surface area contributed by atoms with Crippen molar-refractivity contribution in [2.24, 2.45) is 0 Å². The SMILES string of the molecule is CCOc1cccc(CN(C)Cc2ccc(OC(F)F)cc2)c1. The zero-order valence-electron chi connectivity index (χ0n) is 13.3. The molecule has 0 aliphatic rings. The second-order valence-electron chi connectivity index (χ2n) is 5.28. The summed E-state index contributed by atoms with van der Waals surface area (Å²) in [5.41, 5.74) is 2.20. The van der Waals surface area contributed by atoms with Crippen molar-refractivity contribution < 1.29 is 18.3 Å². The molecule has 0 saturated heterocycles. The van der Waals surface area contributed by atoms with Gasteiger partial charge in [0.15, 0.2) is 0 Å². The predicted molar refractivity (Wildman–Crippen MR) is 85.9 cm³/mol. The number of alkyl halides is 2. The number of benzene rings is 2. The predicted octanol–water partition coefficient (Wildman–Crippen LogP) is 4.32. The summed E-state index contributed by atoms with van der Waals surface area (Å²) in [4.78, 5) is 2.15. The molecule has 23 heavy (non-hydrogen) atoms. The Kier molecular flexibility index (Phi) is 6.35. The van der Waals surface area contributed by atoms with Crippen molar-refractivity contribution in [3.63, 3.8) is 0 Å². The molecule has 0 fully saturated rings. The lowest BCUT2D eigenvalue weighted by molar-refractivity contribution is -0.0498. The zero-order valence-corrected chi connectivity index (χ0v) is 13.3. The summed E-state index contributed by atoms with van der Waals surface area (Å²) in [5, 5.41) is 0. The quantitative estimate of drug-likeness (QED) is 0.723. The van der Waals surface area contributed by atoms with Gasteiger partial charge in [-0.15, -0.1) is 0 Å². The van der Waals surface area contributed by atoms with Crippen LogP contribution < -0.4 is 9.47 Å². The van der Waals surface area contributed by atoms with Crippen molar-refractivity contribution in [1.82, 2.24) is 4.90 Å². The monoisotopic (exact) mass is 321 g/mol. The van der Waals surface area contributed by atoms with E-state index in [2.05, 4.69) is 15.7 Å². The van der Waals surface area contributed by atoms with Crippen LogP contribution in [0.5, 0.6) is 11.5 Å². The number of nitrogens with zero attached hydrogens (tertiary/aromatic N) is 1. The smallest absolute Gasteiger partial charge is 0.387 e. The van der Waals surface area contributed by atoms with E-state index in [0.717, 1.165) is 23.4 Å². The minimum absolute atomic E-state index is 0.177. The van der Waals surface area contributed by atoms with E-state index in [9.17, 15) is 8.78 Å². The highest BCUT2D eigenvalue weighted by molar-refractivity contribution is 5.29. The number of ether oxygens (including phenoxy) is 2. The van der Waals surface area contributed by atoms with E-state index in [1.54, 1.807) is 24.3 Å². The van der Waals surface area contributed by atoms with Crippen LogP contribution in [0, 0.1) is 0 Å². The summed E-state index contributed by atoms with van der Waals surface area (Å²) in [6.45, 7) is 1.30. The van der Waals surface area contributed by atoms with Gasteiger partial charge in [-0.05, 0) is 49.4 Å². The van der Waals surface area contributed by atoms with Crippen LogP contribution in [0.3, 0.4) is 0 Å². The van der Waals surface area contributed by atoms with Crippen LogP contribution in [-0.4, -0.2) is 25.2 Å². The molecule has 0 aliphatic heterocycles. The van der Waals surface area contributed by atoms with Gasteiger partial charge < -0.3 is 9.47 Å². The average molecular weight is 321 g/mol. The van der Waals surface area contributed by atoms with E-state index in [1.165, 1.54) is 0 Å². The van der Waals surface area contributed by atoms with E-state index in [1.807, 2.05) is 32.2 Å². The van der Waals surface area contributed by atoms with Crippen LogP contribution in [-0.2, 0) is 13.1 Å². The van der Waals surface area contributed by atoms with Crippen LogP contribution in [0.25, 0.3) is 0 Å².